The number of amides is 1. The molecule has 1 atom stereocenters. The second kappa shape index (κ2) is 11.1. The van der Waals surface area contributed by atoms with Crippen LogP contribution in [0.2, 0.25) is 0 Å². The van der Waals surface area contributed by atoms with Crippen LogP contribution in [0.25, 0.3) is 6.08 Å². The van der Waals surface area contributed by atoms with Gasteiger partial charge in [0, 0.05) is 23.0 Å². The van der Waals surface area contributed by atoms with E-state index in [1.165, 1.54) is 55.8 Å². The smallest absolute Gasteiger partial charge is 0.244 e. The van der Waals surface area contributed by atoms with Gasteiger partial charge in [-0.15, -0.1) is 11.3 Å². The minimum absolute atomic E-state index is 0.0284. The van der Waals surface area contributed by atoms with Gasteiger partial charge in [-0.1, -0.05) is 6.92 Å². The first-order chi connectivity index (χ1) is 15.6. The van der Waals surface area contributed by atoms with Crippen molar-refractivity contribution >= 4 is 28.5 Å². The van der Waals surface area contributed by atoms with E-state index in [-0.39, 0.29) is 5.91 Å². The molecule has 2 aliphatic rings. The molecule has 1 amide bonds. The lowest BCUT2D eigenvalue weighted by atomic mass is 9.83. The standard InChI is InChI=1S/C25H36N4O2S/c1-2-14-29(20-9-11-22-23(17-20)32-25(26)28-22)15-13-18-5-7-19(8-6-18)27-24(30)12-10-21-4-3-16-31-21/h3-4,10,12,16,18-20H,2,5-9,11,13-15,17H2,1H3,(H2,26,28)(H,27,30)/b12-10+. The zero-order chi connectivity index (χ0) is 22.3. The van der Waals surface area contributed by atoms with Crippen LogP contribution in [0.4, 0.5) is 5.13 Å². The molecule has 0 bridgehead atoms. The quantitative estimate of drug-likeness (QED) is 0.536. The topological polar surface area (TPSA) is 84.4 Å². The van der Waals surface area contributed by atoms with Gasteiger partial charge in [0.2, 0.25) is 5.91 Å². The molecule has 4 rings (SSSR count). The van der Waals surface area contributed by atoms with Crippen molar-refractivity contribution in [3.63, 3.8) is 0 Å². The van der Waals surface area contributed by atoms with E-state index >= 15 is 0 Å². The average Bonchev–Trinajstić information content (AvgIpc) is 3.44. The normalized spacial score (nSPS) is 23.5. The van der Waals surface area contributed by atoms with Gasteiger partial charge in [0.15, 0.2) is 5.13 Å². The molecule has 2 heterocycles. The van der Waals surface area contributed by atoms with Crippen LogP contribution < -0.4 is 11.1 Å². The van der Waals surface area contributed by atoms with E-state index in [1.807, 2.05) is 12.1 Å². The van der Waals surface area contributed by atoms with Gasteiger partial charge in [0.05, 0.1) is 12.0 Å². The summed E-state index contributed by atoms with van der Waals surface area (Å²) in [6.07, 6.45) is 15.3. The largest absolute Gasteiger partial charge is 0.465 e. The van der Waals surface area contributed by atoms with Crippen LogP contribution in [0.3, 0.4) is 0 Å². The minimum atomic E-state index is -0.0284. The molecule has 0 radical (unpaired) electrons. The first-order valence-corrected chi connectivity index (χ1v) is 12.9. The zero-order valence-corrected chi connectivity index (χ0v) is 19.9. The Morgan fingerprint density at radius 1 is 1.31 bits per heavy atom. The fourth-order valence-electron chi connectivity index (χ4n) is 5.19. The van der Waals surface area contributed by atoms with Crippen LogP contribution in [-0.4, -0.2) is 41.0 Å². The molecule has 6 nitrogen and oxygen atoms in total. The predicted molar refractivity (Wildman–Crippen MR) is 130 cm³/mol. The summed E-state index contributed by atoms with van der Waals surface area (Å²) >= 11 is 1.68. The number of nitrogens with one attached hydrogen (secondary N) is 1. The van der Waals surface area contributed by atoms with Crippen LogP contribution in [0.5, 0.6) is 0 Å². The fourth-order valence-corrected chi connectivity index (χ4v) is 6.14. The Balaban J connectivity index is 1.20. The summed E-state index contributed by atoms with van der Waals surface area (Å²) in [6.45, 7) is 4.62. The zero-order valence-electron chi connectivity index (χ0n) is 19.1. The molecule has 1 fully saturated rings. The van der Waals surface area contributed by atoms with Crippen molar-refractivity contribution in [3.8, 4) is 0 Å². The summed E-state index contributed by atoms with van der Waals surface area (Å²) in [6, 6.07) is 4.58. The van der Waals surface area contributed by atoms with Crippen molar-refractivity contribution in [3.05, 3.63) is 40.8 Å². The number of carbonyl (C=O) groups is 1. The van der Waals surface area contributed by atoms with Crippen molar-refractivity contribution in [1.82, 2.24) is 15.2 Å². The lowest BCUT2D eigenvalue weighted by molar-refractivity contribution is -0.117. The number of thiazole rings is 1. The molecule has 0 saturated heterocycles. The number of nitrogen functional groups attached to an aromatic ring is 1. The number of anilines is 1. The Hall–Kier alpha value is -2.12. The van der Waals surface area contributed by atoms with Gasteiger partial charge in [-0.3, -0.25) is 4.79 Å². The number of rotatable bonds is 9. The van der Waals surface area contributed by atoms with E-state index < -0.39 is 0 Å². The molecular weight excluding hydrogens is 420 g/mol. The van der Waals surface area contributed by atoms with Crippen molar-refractivity contribution in [2.45, 2.75) is 76.8 Å². The number of aromatic nitrogens is 1. The fraction of sp³-hybridized carbons (Fsp3) is 0.600. The highest BCUT2D eigenvalue weighted by atomic mass is 32.1. The first-order valence-electron chi connectivity index (χ1n) is 12.1. The highest BCUT2D eigenvalue weighted by Gasteiger charge is 2.28. The number of carbonyl (C=O) groups excluding carboxylic acids is 1. The highest BCUT2D eigenvalue weighted by Crippen LogP contribution is 2.32. The third-order valence-electron chi connectivity index (χ3n) is 6.92. The molecule has 1 unspecified atom stereocenters. The molecule has 7 heteroatoms. The van der Waals surface area contributed by atoms with Crippen molar-refractivity contribution in [2.75, 3.05) is 18.8 Å². The van der Waals surface area contributed by atoms with E-state index in [0.717, 1.165) is 36.7 Å². The highest BCUT2D eigenvalue weighted by molar-refractivity contribution is 7.15. The lowest BCUT2D eigenvalue weighted by Gasteiger charge is -2.36. The van der Waals surface area contributed by atoms with Crippen molar-refractivity contribution in [2.24, 2.45) is 5.92 Å². The number of furan rings is 1. The summed E-state index contributed by atoms with van der Waals surface area (Å²) < 4.78 is 5.23. The number of fused-ring (bicyclic) bond motifs is 1. The maximum absolute atomic E-state index is 12.2. The van der Waals surface area contributed by atoms with E-state index in [2.05, 4.69) is 22.1 Å². The van der Waals surface area contributed by atoms with Crippen LogP contribution in [0.15, 0.2) is 28.9 Å². The van der Waals surface area contributed by atoms with Crippen molar-refractivity contribution < 1.29 is 9.21 Å². The molecule has 0 aliphatic heterocycles. The number of nitrogens with zero attached hydrogens (tertiary/aromatic N) is 2. The average molecular weight is 457 g/mol. The van der Waals surface area contributed by atoms with Crippen LogP contribution in [0, 0.1) is 5.92 Å². The van der Waals surface area contributed by atoms with E-state index in [1.54, 1.807) is 29.8 Å². The molecule has 2 aromatic rings. The number of aryl methyl sites for hydroxylation is 1. The monoisotopic (exact) mass is 456 g/mol. The maximum atomic E-state index is 12.2. The Labute approximate surface area is 195 Å². The molecule has 0 spiro atoms. The van der Waals surface area contributed by atoms with Gasteiger partial charge in [-0.2, -0.15) is 0 Å². The lowest BCUT2D eigenvalue weighted by Crippen LogP contribution is -2.41. The van der Waals surface area contributed by atoms with Crippen LogP contribution in [0.1, 0.15) is 68.2 Å². The Morgan fingerprint density at radius 3 is 2.91 bits per heavy atom. The summed E-state index contributed by atoms with van der Waals surface area (Å²) in [5.41, 5.74) is 7.17. The molecule has 0 aromatic carbocycles. The molecule has 2 aromatic heterocycles. The summed E-state index contributed by atoms with van der Waals surface area (Å²) in [5, 5.41) is 3.88. The van der Waals surface area contributed by atoms with Gasteiger partial charge < -0.3 is 20.4 Å². The second-order valence-electron chi connectivity index (χ2n) is 9.22. The number of hydrogen-bond acceptors (Lipinski definition) is 6. The molecular formula is C25H36N4O2S. The second-order valence-corrected chi connectivity index (χ2v) is 10.3. The summed E-state index contributed by atoms with van der Waals surface area (Å²) in [4.78, 5) is 20.8. The van der Waals surface area contributed by atoms with E-state index in [4.69, 9.17) is 10.2 Å². The first kappa shape index (κ1) is 23.1. The van der Waals surface area contributed by atoms with Crippen LogP contribution in [-0.2, 0) is 17.6 Å². The van der Waals surface area contributed by atoms with Crippen LogP contribution >= 0.6 is 11.3 Å². The summed E-state index contributed by atoms with van der Waals surface area (Å²) in [7, 11) is 0. The van der Waals surface area contributed by atoms with E-state index in [0.29, 0.717) is 17.8 Å². The van der Waals surface area contributed by atoms with Gasteiger partial charge >= 0.3 is 0 Å². The van der Waals surface area contributed by atoms with Gasteiger partial charge in [-0.25, -0.2) is 4.98 Å². The molecule has 1 saturated carbocycles. The van der Waals surface area contributed by atoms with E-state index in [9.17, 15) is 4.79 Å². The minimum Gasteiger partial charge on any atom is -0.465 e. The molecule has 32 heavy (non-hydrogen) atoms. The Bertz CT molecular complexity index is 884. The molecule has 3 N–H and O–H groups in total. The molecule has 174 valence electrons. The third kappa shape index (κ3) is 6.23. The van der Waals surface area contributed by atoms with Gasteiger partial charge in [0.25, 0.3) is 0 Å². The molecule has 2 aliphatic carbocycles. The van der Waals surface area contributed by atoms with Crippen molar-refractivity contribution in [1.29, 1.82) is 0 Å². The number of hydrogen-bond donors (Lipinski definition) is 2. The Morgan fingerprint density at radius 2 is 2.16 bits per heavy atom. The van der Waals surface area contributed by atoms with Gasteiger partial charge in [-0.05, 0) is 95.0 Å². The predicted octanol–water partition coefficient (Wildman–Crippen LogP) is 4.67. The number of nitrogens with two attached hydrogens (primary N) is 1. The summed E-state index contributed by atoms with van der Waals surface area (Å²) in [5.74, 6) is 1.44. The SMILES string of the molecule is CCCN(CCC1CCC(NC(=O)/C=C/c2ccco2)CC1)C1CCc2nc(N)sc2C1. The maximum Gasteiger partial charge on any atom is 0.244 e. The van der Waals surface area contributed by atoms with Gasteiger partial charge in [0.1, 0.15) is 5.76 Å². The third-order valence-corrected chi connectivity index (χ3v) is 7.87. The Kier molecular flexibility index (Phi) is 8.03.